The number of hydrogen-bond donors (Lipinski definition) is 0. The van der Waals surface area contributed by atoms with Gasteiger partial charge in [0.05, 0.1) is 0 Å². The number of nitrogens with zero attached hydrogens (tertiary/aromatic N) is 1. The summed E-state index contributed by atoms with van der Waals surface area (Å²) in [5.74, 6) is 0.673. The summed E-state index contributed by atoms with van der Waals surface area (Å²) in [4.78, 5) is 4.81. The molecule has 2 nitrogen and oxygen atoms in total. The predicted molar refractivity (Wildman–Crippen MR) is 138 cm³/mol. The molecule has 156 valence electrons. The summed E-state index contributed by atoms with van der Waals surface area (Å²) in [6, 6.07) is 32.7. The van der Waals surface area contributed by atoms with Crippen LogP contribution in [0.1, 0.15) is 11.1 Å². The largest absolute Gasteiger partial charge is 0.436 e. The van der Waals surface area contributed by atoms with Gasteiger partial charge < -0.3 is 4.42 Å². The van der Waals surface area contributed by atoms with E-state index in [1.165, 1.54) is 54.6 Å². The third kappa shape index (κ3) is 2.71. The monoisotopic (exact) mass is 423 g/mol. The van der Waals surface area contributed by atoms with Gasteiger partial charge in [-0.25, -0.2) is 4.98 Å². The fourth-order valence-electron chi connectivity index (χ4n) is 5.12. The van der Waals surface area contributed by atoms with Crippen molar-refractivity contribution in [3.8, 4) is 22.6 Å². The van der Waals surface area contributed by atoms with Crippen molar-refractivity contribution in [1.29, 1.82) is 0 Å². The van der Waals surface area contributed by atoms with Crippen LogP contribution >= 0.6 is 0 Å². The summed E-state index contributed by atoms with van der Waals surface area (Å²) in [5, 5.41) is 7.52. The molecular formula is C31H21NO. The van der Waals surface area contributed by atoms with Crippen LogP contribution in [-0.2, 0) is 0 Å². The highest BCUT2D eigenvalue weighted by Crippen LogP contribution is 2.42. The van der Waals surface area contributed by atoms with Crippen molar-refractivity contribution in [3.63, 3.8) is 0 Å². The standard InChI is InChI=1S/C31H21NO/c1-18-3-6-20(7-4-18)23-12-8-21-10-14-25-26(15-11-22-9-13-24(23)29(21)30(22)25)31-32-27-16-5-19(2)17-28(27)33-31/h3-17H,1-2H3. The van der Waals surface area contributed by atoms with Crippen LogP contribution in [0.2, 0.25) is 0 Å². The minimum absolute atomic E-state index is 0.673. The van der Waals surface area contributed by atoms with Gasteiger partial charge in [-0.3, -0.25) is 0 Å². The summed E-state index contributed by atoms with van der Waals surface area (Å²) in [5.41, 5.74) is 7.71. The summed E-state index contributed by atoms with van der Waals surface area (Å²) < 4.78 is 6.22. The van der Waals surface area contributed by atoms with E-state index in [-0.39, 0.29) is 0 Å². The van der Waals surface area contributed by atoms with E-state index in [1.807, 2.05) is 6.07 Å². The first-order chi connectivity index (χ1) is 16.2. The lowest BCUT2D eigenvalue weighted by atomic mass is 9.88. The normalized spacial score (nSPS) is 11.9. The fraction of sp³-hybridized carbons (Fsp3) is 0.0645. The molecular weight excluding hydrogens is 402 g/mol. The topological polar surface area (TPSA) is 26.0 Å². The molecule has 0 saturated carbocycles. The smallest absolute Gasteiger partial charge is 0.227 e. The fourth-order valence-corrected chi connectivity index (χ4v) is 5.12. The van der Waals surface area contributed by atoms with Crippen LogP contribution in [0.4, 0.5) is 0 Å². The number of aryl methyl sites for hydroxylation is 2. The zero-order chi connectivity index (χ0) is 22.1. The lowest BCUT2D eigenvalue weighted by Crippen LogP contribution is -1.89. The Balaban J connectivity index is 1.54. The molecule has 2 heteroatoms. The molecule has 1 heterocycles. The molecule has 0 saturated heterocycles. The number of aromatic nitrogens is 1. The third-order valence-electron chi connectivity index (χ3n) is 6.80. The summed E-state index contributed by atoms with van der Waals surface area (Å²) in [6.45, 7) is 4.20. The second kappa shape index (κ2) is 6.66. The van der Waals surface area contributed by atoms with Crippen molar-refractivity contribution in [2.75, 3.05) is 0 Å². The van der Waals surface area contributed by atoms with Gasteiger partial charge in [-0.2, -0.15) is 0 Å². The zero-order valence-electron chi connectivity index (χ0n) is 18.5. The quantitative estimate of drug-likeness (QED) is 0.260. The first-order valence-corrected chi connectivity index (χ1v) is 11.3. The van der Waals surface area contributed by atoms with Gasteiger partial charge in [0.15, 0.2) is 5.58 Å². The molecule has 33 heavy (non-hydrogen) atoms. The van der Waals surface area contributed by atoms with Gasteiger partial charge >= 0.3 is 0 Å². The number of rotatable bonds is 2. The molecule has 0 bridgehead atoms. The van der Waals surface area contributed by atoms with Crippen LogP contribution in [0.25, 0.3) is 66.0 Å². The summed E-state index contributed by atoms with van der Waals surface area (Å²) in [6.07, 6.45) is 0. The van der Waals surface area contributed by atoms with Crippen LogP contribution in [-0.4, -0.2) is 4.98 Å². The predicted octanol–water partition coefficient (Wildman–Crippen LogP) is 8.68. The average Bonchev–Trinajstić information content (AvgIpc) is 3.26. The van der Waals surface area contributed by atoms with E-state index < -0.39 is 0 Å². The lowest BCUT2D eigenvalue weighted by Gasteiger charge is -2.15. The highest BCUT2D eigenvalue weighted by atomic mass is 16.3. The Morgan fingerprint density at radius 2 is 1.18 bits per heavy atom. The molecule has 0 radical (unpaired) electrons. The third-order valence-corrected chi connectivity index (χ3v) is 6.80. The van der Waals surface area contributed by atoms with Crippen molar-refractivity contribution >= 4 is 43.4 Å². The summed E-state index contributed by atoms with van der Waals surface area (Å²) in [7, 11) is 0. The van der Waals surface area contributed by atoms with Crippen LogP contribution < -0.4 is 0 Å². The van der Waals surface area contributed by atoms with Gasteiger partial charge in [0.25, 0.3) is 0 Å². The average molecular weight is 424 g/mol. The zero-order valence-corrected chi connectivity index (χ0v) is 18.5. The molecule has 0 unspecified atom stereocenters. The minimum atomic E-state index is 0.673. The molecule has 0 spiro atoms. The van der Waals surface area contributed by atoms with Gasteiger partial charge in [-0.15, -0.1) is 0 Å². The van der Waals surface area contributed by atoms with Gasteiger partial charge in [0, 0.05) is 5.56 Å². The van der Waals surface area contributed by atoms with Crippen molar-refractivity contribution in [2.24, 2.45) is 0 Å². The lowest BCUT2D eigenvalue weighted by molar-refractivity contribution is 0.620. The van der Waals surface area contributed by atoms with Crippen LogP contribution in [0, 0.1) is 13.8 Å². The highest BCUT2D eigenvalue weighted by Gasteiger charge is 2.17. The molecule has 0 N–H and O–H groups in total. The maximum Gasteiger partial charge on any atom is 0.227 e. The SMILES string of the molecule is Cc1ccc(-c2ccc3ccc4c(-c5nc6ccc(C)cc6o5)ccc5ccc2c3c54)cc1. The second-order valence-electron chi connectivity index (χ2n) is 9.00. The van der Waals surface area contributed by atoms with E-state index in [0.29, 0.717) is 5.89 Å². The second-order valence-corrected chi connectivity index (χ2v) is 9.00. The molecule has 0 fully saturated rings. The van der Waals surface area contributed by atoms with Crippen molar-refractivity contribution < 1.29 is 4.42 Å². The molecule has 0 aliphatic carbocycles. The van der Waals surface area contributed by atoms with Crippen LogP contribution in [0.15, 0.2) is 95.4 Å². The maximum absolute atomic E-state index is 6.22. The van der Waals surface area contributed by atoms with Gasteiger partial charge in [-0.1, -0.05) is 78.4 Å². The molecule has 0 atom stereocenters. The van der Waals surface area contributed by atoms with E-state index in [1.54, 1.807) is 0 Å². The molecule has 0 aliphatic rings. The summed E-state index contributed by atoms with van der Waals surface area (Å²) >= 11 is 0. The Morgan fingerprint density at radius 3 is 1.91 bits per heavy atom. The first kappa shape index (κ1) is 18.4. The van der Waals surface area contributed by atoms with Gasteiger partial charge in [0.2, 0.25) is 5.89 Å². The molecule has 7 aromatic rings. The number of fused-ring (bicyclic) bond motifs is 1. The van der Waals surface area contributed by atoms with Gasteiger partial charge in [0.1, 0.15) is 5.52 Å². The minimum Gasteiger partial charge on any atom is -0.436 e. The van der Waals surface area contributed by atoms with E-state index in [0.717, 1.165) is 16.7 Å². The molecule has 6 aromatic carbocycles. The van der Waals surface area contributed by atoms with Crippen molar-refractivity contribution in [3.05, 3.63) is 102 Å². The Bertz CT molecular complexity index is 1820. The number of hydrogen-bond acceptors (Lipinski definition) is 2. The highest BCUT2D eigenvalue weighted by molar-refractivity contribution is 6.27. The van der Waals surface area contributed by atoms with Crippen LogP contribution in [0.3, 0.4) is 0 Å². The molecule has 0 amide bonds. The van der Waals surface area contributed by atoms with E-state index >= 15 is 0 Å². The van der Waals surface area contributed by atoms with Gasteiger partial charge in [-0.05, 0) is 81.1 Å². The molecule has 7 rings (SSSR count). The Morgan fingerprint density at radius 1 is 0.576 bits per heavy atom. The Kier molecular flexibility index (Phi) is 3.72. The van der Waals surface area contributed by atoms with E-state index in [9.17, 15) is 0 Å². The Hall–Kier alpha value is -4.17. The van der Waals surface area contributed by atoms with E-state index in [2.05, 4.69) is 98.8 Å². The molecule has 1 aromatic heterocycles. The number of benzene rings is 6. The van der Waals surface area contributed by atoms with E-state index in [4.69, 9.17) is 9.40 Å². The van der Waals surface area contributed by atoms with Crippen LogP contribution in [0.5, 0.6) is 0 Å². The number of oxazole rings is 1. The maximum atomic E-state index is 6.22. The van der Waals surface area contributed by atoms with Crippen molar-refractivity contribution in [1.82, 2.24) is 4.98 Å². The Labute approximate surface area is 191 Å². The first-order valence-electron chi connectivity index (χ1n) is 11.3. The molecule has 0 aliphatic heterocycles. The van der Waals surface area contributed by atoms with Crippen molar-refractivity contribution in [2.45, 2.75) is 13.8 Å².